The van der Waals surface area contributed by atoms with Gasteiger partial charge < -0.3 is 15.0 Å². The van der Waals surface area contributed by atoms with Crippen LogP contribution in [-0.4, -0.2) is 53.2 Å². The second-order valence-electron chi connectivity index (χ2n) is 7.30. The van der Waals surface area contributed by atoms with Gasteiger partial charge in [0.15, 0.2) is 0 Å². The lowest BCUT2D eigenvalue weighted by atomic mass is 10.1. The fourth-order valence-electron chi connectivity index (χ4n) is 2.86. The number of ether oxygens (including phenoxy) is 1. The molecule has 1 N–H and O–H groups in total. The van der Waals surface area contributed by atoms with Gasteiger partial charge in [0.05, 0.1) is 17.0 Å². The maximum Gasteiger partial charge on any atom is 0.341 e. The van der Waals surface area contributed by atoms with Crippen molar-refractivity contribution < 1.29 is 36.7 Å². The Hall–Kier alpha value is -2.96. The molecule has 8 nitrogen and oxygen atoms in total. The Morgan fingerprint density at radius 3 is 2.36 bits per heavy atom. The Kier molecular flexibility index (Phi) is 8.58. The number of hydrogen-bond donors (Lipinski definition) is 1. The Labute approximate surface area is 191 Å². The molecular weight excluding hydrogens is 468 g/mol. The molecule has 1 unspecified atom stereocenters. The summed E-state index contributed by atoms with van der Waals surface area (Å²) in [7, 11) is 3.03. The van der Waals surface area contributed by atoms with Gasteiger partial charge in [0.2, 0.25) is 5.91 Å². The lowest BCUT2D eigenvalue weighted by Crippen LogP contribution is -2.26. The molecule has 0 aliphatic carbocycles. The Morgan fingerprint density at radius 1 is 1.21 bits per heavy atom. The van der Waals surface area contributed by atoms with Crippen LogP contribution < -0.4 is 5.32 Å². The van der Waals surface area contributed by atoms with Crippen LogP contribution in [0.2, 0.25) is 0 Å². The lowest BCUT2D eigenvalue weighted by Gasteiger charge is -2.15. The smallest absolute Gasteiger partial charge is 0.341 e. The van der Waals surface area contributed by atoms with Gasteiger partial charge in [-0.2, -0.15) is 5.10 Å². The van der Waals surface area contributed by atoms with Crippen LogP contribution >= 0.6 is 11.3 Å². The highest BCUT2D eigenvalue weighted by molar-refractivity contribution is 7.18. The minimum atomic E-state index is -3.15. The Bertz CT molecular complexity index is 1040. The highest BCUT2D eigenvalue weighted by Gasteiger charge is 2.31. The number of amides is 2. The standard InChI is InChI=1S/C20H24F4N4O4S/c1-6-7-32-20(31)13-9(2)14(19(30)27(4)5)33-18(13)25-17(29)10(3)28-12(16(23)24)8-11(26-28)15(21)22/h8,10,15-16H,6-7H2,1-5H3,(H,25,29). The van der Waals surface area contributed by atoms with Crippen LogP contribution in [0, 0.1) is 6.92 Å². The van der Waals surface area contributed by atoms with Crippen LogP contribution in [0.15, 0.2) is 6.07 Å². The van der Waals surface area contributed by atoms with Crippen molar-refractivity contribution in [1.82, 2.24) is 14.7 Å². The molecule has 0 aliphatic heterocycles. The molecule has 2 aromatic heterocycles. The number of halogens is 4. The van der Waals surface area contributed by atoms with E-state index in [1.807, 2.05) is 0 Å². The predicted molar refractivity (Wildman–Crippen MR) is 113 cm³/mol. The molecule has 1 atom stereocenters. The molecule has 0 fully saturated rings. The lowest BCUT2D eigenvalue weighted by molar-refractivity contribution is -0.119. The van der Waals surface area contributed by atoms with Crippen molar-refractivity contribution in [3.05, 3.63) is 33.5 Å². The molecule has 2 aromatic rings. The molecule has 182 valence electrons. The first kappa shape index (κ1) is 26.3. The number of esters is 1. The number of anilines is 1. The molecule has 0 aromatic carbocycles. The molecule has 0 spiro atoms. The van der Waals surface area contributed by atoms with Gasteiger partial charge >= 0.3 is 5.97 Å². The Morgan fingerprint density at radius 2 is 1.85 bits per heavy atom. The maximum absolute atomic E-state index is 13.3. The van der Waals surface area contributed by atoms with E-state index in [0.29, 0.717) is 17.2 Å². The van der Waals surface area contributed by atoms with Crippen LogP contribution in [0.25, 0.3) is 0 Å². The second kappa shape index (κ2) is 10.8. The zero-order valence-electron chi connectivity index (χ0n) is 18.6. The number of hydrogen-bond acceptors (Lipinski definition) is 6. The fraction of sp³-hybridized carbons (Fsp3) is 0.500. The van der Waals surface area contributed by atoms with Gasteiger partial charge in [0, 0.05) is 14.1 Å². The molecule has 0 saturated heterocycles. The summed E-state index contributed by atoms with van der Waals surface area (Å²) < 4.78 is 58.2. The van der Waals surface area contributed by atoms with Gasteiger partial charge in [-0.15, -0.1) is 11.3 Å². The third-order valence-corrected chi connectivity index (χ3v) is 5.80. The first-order valence-corrected chi connectivity index (χ1v) is 10.7. The van der Waals surface area contributed by atoms with Crippen molar-refractivity contribution >= 4 is 34.1 Å². The van der Waals surface area contributed by atoms with Crippen LogP contribution in [0.1, 0.15) is 76.1 Å². The van der Waals surface area contributed by atoms with Gasteiger partial charge in [0.25, 0.3) is 18.8 Å². The average molecular weight is 492 g/mol. The molecule has 0 bridgehead atoms. The number of nitrogens with one attached hydrogen (secondary N) is 1. The minimum Gasteiger partial charge on any atom is -0.462 e. The van der Waals surface area contributed by atoms with E-state index in [9.17, 15) is 31.9 Å². The number of aromatic nitrogens is 2. The Balaban J connectivity index is 2.45. The van der Waals surface area contributed by atoms with E-state index in [1.54, 1.807) is 6.92 Å². The summed E-state index contributed by atoms with van der Waals surface area (Å²) in [6.07, 6.45) is -5.70. The van der Waals surface area contributed by atoms with Crippen LogP contribution in [0.3, 0.4) is 0 Å². The fourth-order valence-corrected chi connectivity index (χ4v) is 4.08. The third kappa shape index (κ3) is 5.70. The number of thiophene rings is 1. The summed E-state index contributed by atoms with van der Waals surface area (Å²) in [5, 5.41) is 5.87. The van der Waals surface area contributed by atoms with Gasteiger partial charge in [-0.1, -0.05) is 6.92 Å². The number of rotatable bonds is 9. The molecule has 0 saturated carbocycles. The van der Waals surface area contributed by atoms with Crippen molar-refractivity contribution in [3.8, 4) is 0 Å². The van der Waals surface area contributed by atoms with Gasteiger partial charge in [-0.05, 0) is 31.9 Å². The number of alkyl halides is 4. The van der Waals surface area contributed by atoms with E-state index < -0.39 is 48.1 Å². The normalized spacial score (nSPS) is 12.2. The highest BCUT2D eigenvalue weighted by atomic mass is 32.1. The summed E-state index contributed by atoms with van der Waals surface area (Å²) >= 11 is 0.824. The zero-order chi connectivity index (χ0) is 25.0. The van der Waals surface area contributed by atoms with Crippen molar-refractivity contribution in [2.45, 2.75) is 46.1 Å². The number of carbonyl (C=O) groups is 3. The van der Waals surface area contributed by atoms with Gasteiger partial charge in [0.1, 0.15) is 22.4 Å². The quantitative estimate of drug-likeness (QED) is 0.408. The molecule has 2 rings (SSSR count). The number of nitrogens with zero attached hydrogens (tertiary/aromatic N) is 3. The molecule has 2 amide bonds. The summed E-state index contributed by atoms with van der Waals surface area (Å²) in [5.41, 5.74) is -1.49. The van der Waals surface area contributed by atoms with Crippen LogP contribution in [0.5, 0.6) is 0 Å². The third-order valence-electron chi connectivity index (χ3n) is 4.60. The van der Waals surface area contributed by atoms with E-state index in [-0.39, 0.29) is 27.6 Å². The van der Waals surface area contributed by atoms with E-state index in [1.165, 1.54) is 32.8 Å². The van der Waals surface area contributed by atoms with Crippen molar-refractivity contribution in [1.29, 1.82) is 0 Å². The van der Waals surface area contributed by atoms with Crippen LogP contribution in [0.4, 0.5) is 22.6 Å². The molecule has 13 heteroatoms. The predicted octanol–water partition coefficient (Wildman–Crippen LogP) is 4.60. The molecule has 0 aliphatic rings. The SMILES string of the molecule is CCCOC(=O)c1c(NC(=O)C(C)n2nc(C(F)F)cc2C(F)F)sc(C(=O)N(C)C)c1C. The van der Waals surface area contributed by atoms with Crippen molar-refractivity contribution in [2.75, 3.05) is 26.0 Å². The van der Waals surface area contributed by atoms with Crippen LogP contribution in [-0.2, 0) is 9.53 Å². The molecule has 0 radical (unpaired) electrons. The van der Waals surface area contributed by atoms with Crippen molar-refractivity contribution in [3.63, 3.8) is 0 Å². The van der Waals surface area contributed by atoms with E-state index in [0.717, 1.165) is 11.3 Å². The zero-order valence-corrected chi connectivity index (χ0v) is 19.4. The first-order chi connectivity index (χ1) is 15.4. The van der Waals surface area contributed by atoms with Crippen molar-refractivity contribution in [2.24, 2.45) is 0 Å². The largest absolute Gasteiger partial charge is 0.462 e. The summed E-state index contributed by atoms with van der Waals surface area (Å²) in [6, 6.07) is -0.882. The summed E-state index contributed by atoms with van der Waals surface area (Å²) in [4.78, 5) is 39.4. The minimum absolute atomic E-state index is 0.0181. The van der Waals surface area contributed by atoms with Gasteiger partial charge in [-0.25, -0.2) is 22.4 Å². The maximum atomic E-state index is 13.3. The first-order valence-electron chi connectivity index (χ1n) is 9.89. The monoisotopic (exact) mass is 492 g/mol. The van der Waals surface area contributed by atoms with E-state index >= 15 is 0 Å². The molecule has 33 heavy (non-hydrogen) atoms. The second-order valence-corrected chi connectivity index (χ2v) is 8.32. The van der Waals surface area contributed by atoms with E-state index in [2.05, 4.69) is 10.4 Å². The summed E-state index contributed by atoms with van der Waals surface area (Å²) in [6.45, 7) is 4.62. The molecular formula is C20H24F4N4O4S. The van der Waals surface area contributed by atoms with E-state index in [4.69, 9.17) is 4.74 Å². The molecule has 2 heterocycles. The highest BCUT2D eigenvalue weighted by Crippen LogP contribution is 2.35. The average Bonchev–Trinajstić information content (AvgIpc) is 3.33. The number of carbonyl (C=O) groups excluding carboxylic acids is 3. The summed E-state index contributed by atoms with van der Waals surface area (Å²) in [5.74, 6) is -2.07. The topological polar surface area (TPSA) is 93.5 Å². The van der Waals surface area contributed by atoms with Gasteiger partial charge in [-0.3, -0.25) is 14.3 Å².